The number of carbonyl (C=O) groups excluding carboxylic acids is 1. The van der Waals surface area contributed by atoms with Crippen LogP contribution in [0.1, 0.15) is 31.2 Å². The van der Waals surface area contributed by atoms with Gasteiger partial charge in [-0.2, -0.15) is 0 Å². The fourth-order valence-corrected chi connectivity index (χ4v) is 3.66. The first kappa shape index (κ1) is 14.9. The molecule has 104 valence electrons. The van der Waals surface area contributed by atoms with E-state index in [0.29, 0.717) is 22.3 Å². The highest BCUT2D eigenvalue weighted by molar-refractivity contribution is 9.09. The molecule has 1 amide bonds. The summed E-state index contributed by atoms with van der Waals surface area (Å²) >= 11 is 9.56. The van der Waals surface area contributed by atoms with Gasteiger partial charge in [-0.3, -0.25) is 4.79 Å². The van der Waals surface area contributed by atoms with E-state index < -0.39 is 0 Å². The minimum absolute atomic E-state index is 0.179. The van der Waals surface area contributed by atoms with E-state index in [0.717, 1.165) is 18.4 Å². The Labute approximate surface area is 128 Å². The van der Waals surface area contributed by atoms with Gasteiger partial charge in [0.1, 0.15) is 0 Å². The number of halogens is 2. The van der Waals surface area contributed by atoms with Crippen LogP contribution >= 0.6 is 27.5 Å². The van der Waals surface area contributed by atoms with Gasteiger partial charge < -0.3 is 4.90 Å². The van der Waals surface area contributed by atoms with E-state index in [1.54, 1.807) is 0 Å². The predicted molar refractivity (Wildman–Crippen MR) is 82.9 cm³/mol. The van der Waals surface area contributed by atoms with Crippen LogP contribution in [0.3, 0.4) is 0 Å². The molecule has 2 nitrogen and oxygen atoms in total. The summed E-state index contributed by atoms with van der Waals surface area (Å²) in [5, 5.41) is 0.706. The van der Waals surface area contributed by atoms with Gasteiger partial charge in [0.2, 0.25) is 5.91 Å². The van der Waals surface area contributed by atoms with Crippen molar-refractivity contribution in [2.24, 2.45) is 0 Å². The van der Waals surface area contributed by atoms with Crippen molar-refractivity contribution in [3.8, 4) is 0 Å². The Kier molecular flexibility index (Phi) is 5.28. The van der Waals surface area contributed by atoms with Gasteiger partial charge >= 0.3 is 0 Å². The molecule has 1 fully saturated rings. The van der Waals surface area contributed by atoms with E-state index in [-0.39, 0.29) is 5.91 Å². The van der Waals surface area contributed by atoms with Crippen molar-refractivity contribution in [1.82, 2.24) is 4.90 Å². The second kappa shape index (κ2) is 6.76. The third-order valence-electron chi connectivity index (χ3n) is 3.81. The first-order valence-corrected chi connectivity index (χ1v) is 8.01. The predicted octanol–water partition coefficient (Wildman–Crippen LogP) is 4.05. The SMILES string of the molecule is CN(C(=O)Cc1ccc(Cl)cc1)C1CCCCC1Br. The summed E-state index contributed by atoms with van der Waals surface area (Å²) in [7, 11) is 1.92. The smallest absolute Gasteiger partial charge is 0.227 e. The zero-order valence-electron chi connectivity index (χ0n) is 11.1. The van der Waals surface area contributed by atoms with E-state index in [1.165, 1.54) is 12.8 Å². The molecule has 0 N–H and O–H groups in total. The van der Waals surface area contributed by atoms with Gasteiger partial charge in [-0.05, 0) is 30.5 Å². The quantitative estimate of drug-likeness (QED) is 0.758. The van der Waals surface area contributed by atoms with Crippen molar-refractivity contribution in [2.45, 2.75) is 43.0 Å². The zero-order chi connectivity index (χ0) is 13.8. The second-order valence-electron chi connectivity index (χ2n) is 5.18. The van der Waals surface area contributed by atoms with Gasteiger partial charge in [0.05, 0.1) is 6.42 Å². The van der Waals surface area contributed by atoms with Crippen LogP contribution in [0.5, 0.6) is 0 Å². The topological polar surface area (TPSA) is 20.3 Å². The molecule has 0 bridgehead atoms. The van der Waals surface area contributed by atoms with Gasteiger partial charge in [0.15, 0.2) is 0 Å². The molecule has 0 heterocycles. The van der Waals surface area contributed by atoms with Gasteiger partial charge in [-0.15, -0.1) is 0 Å². The maximum atomic E-state index is 12.3. The number of rotatable bonds is 3. The largest absolute Gasteiger partial charge is 0.341 e. The first-order chi connectivity index (χ1) is 9.08. The Bertz CT molecular complexity index is 434. The van der Waals surface area contributed by atoms with Crippen molar-refractivity contribution in [3.05, 3.63) is 34.9 Å². The Hall–Kier alpha value is -0.540. The van der Waals surface area contributed by atoms with Gasteiger partial charge in [-0.25, -0.2) is 0 Å². The van der Waals surface area contributed by atoms with Crippen LogP contribution in [0.15, 0.2) is 24.3 Å². The Morgan fingerprint density at radius 2 is 1.95 bits per heavy atom. The summed E-state index contributed by atoms with van der Waals surface area (Å²) < 4.78 is 0. The summed E-state index contributed by atoms with van der Waals surface area (Å²) in [5.74, 6) is 0.179. The van der Waals surface area contributed by atoms with Crippen LogP contribution in [0, 0.1) is 0 Å². The fourth-order valence-electron chi connectivity index (χ4n) is 2.59. The van der Waals surface area contributed by atoms with Crippen molar-refractivity contribution in [3.63, 3.8) is 0 Å². The molecule has 1 aromatic carbocycles. The van der Waals surface area contributed by atoms with Crippen LogP contribution in [0.4, 0.5) is 0 Å². The number of carbonyl (C=O) groups is 1. The van der Waals surface area contributed by atoms with Gasteiger partial charge in [0, 0.05) is 22.9 Å². The van der Waals surface area contributed by atoms with Crippen molar-refractivity contribution in [1.29, 1.82) is 0 Å². The summed E-state index contributed by atoms with van der Waals surface area (Å²) in [6, 6.07) is 7.82. The molecule has 0 spiro atoms. The van der Waals surface area contributed by atoms with Gasteiger partial charge in [0.25, 0.3) is 0 Å². The van der Waals surface area contributed by atoms with E-state index in [1.807, 2.05) is 36.2 Å². The average Bonchev–Trinajstić information content (AvgIpc) is 2.41. The Balaban J connectivity index is 1.96. The normalized spacial score (nSPS) is 23.1. The van der Waals surface area contributed by atoms with Crippen molar-refractivity contribution < 1.29 is 4.79 Å². The lowest BCUT2D eigenvalue weighted by molar-refractivity contribution is -0.131. The summed E-state index contributed by atoms with van der Waals surface area (Å²) in [5.41, 5.74) is 1.02. The molecule has 1 saturated carbocycles. The van der Waals surface area contributed by atoms with Gasteiger partial charge in [-0.1, -0.05) is 52.5 Å². The molecule has 0 radical (unpaired) electrons. The molecule has 2 atom stereocenters. The number of nitrogens with zero attached hydrogens (tertiary/aromatic N) is 1. The third kappa shape index (κ3) is 3.96. The Morgan fingerprint density at radius 1 is 1.32 bits per heavy atom. The maximum Gasteiger partial charge on any atom is 0.227 e. The molecule has 0 aliphatic heterocycles. The number of alkyl halides is 1. The summed E-state index contributed by atoms with van der Waals surface area (Å²) in [4.78, 5) is 14.7. The number of amides is 1. The lowest BCUT2D eigenvalue weighted by Crippen LogP contribution is -2.44. The number of hydrogen-bond acceptors (Lipinski definition) is 1. The monoisotopic (exact) mass is 343 g/mol. The Morgan fingerprint density at radius 3 is 2.58 bits per heavy atom. The fraction of sp³-hybridized carbons (Fsp3) is 0.533. The average molecular weight is 345 g/mol. The molecule has 1 aromatic rings. The highest BCUT2D eigenvalue weighted by Crippen LogP contribution is 2.28. The second-order valence-corrected chi connectivity index (χ2v) is 6.79. The molecule has 0 saturated heterocycles. The van der Waals surface area contributed by atoms with Crippen LogP contribution < -0.4 is 0 Å². The summed E-state index contributed by atoms with van der Waals surface area (Å²) in [6.07, 6.45) is 5.17. The highest BCUT2D eigenvalue weighted by Gasteiger charge is 2.28. The van der Waals surface area contributed by atoms with Crippen LogP contribution in [0.25, 0.3) is 0 Å². The van der Waals surface area contributed by atoms with Crippen molar-refractivity contribution in [2.75, 3.05) is 7.05 Å². The standard InChI is InChI=1S/C15H19BrClNO/c1-18(14-5-3-2-4-13(14)16)15(19)10-11-6-8-12(17)9-7-11/h6-9,13-14H,2-5,10H2,1H3. The van der Waals surface area contributed by atoms with Crippen LogP contribution in [-0.4, -0.2) is 28.7 Å². The van der Waals surface area contributed by atoms with Crippen LogP contribution in [-0.2, 0) is 11.2 Å². The lowest BCUT2D eigenvalue weighted by Gasteiger charge is -2.35. The summed E-state index contributed by atoms with van der Waals surface area (Å²) in [6.45, 7) is 0. The first-order valence-electron chi connectivity index (χ1n) is 6.72. The van der Waals surface area contributed by atoms with E-state index in [9.17, 15) is 4.79 Å². The van der Waals surface area contributed by atoms with E-state index in [2.05, 4.69) is 15.9 Å². The van der Waals surface area contributed by atoms with E-state index >= 15 is 0 Å². The minimum atomic E-state index is 0.179. The molecule has 1 aliphatic carbocycles. The van der Waals surface area contributed by atoms with Crippen LogP contribution in [0.2, 0.25) is 5.02 Å². The highest BCUT2D eigenvalue weighted by atomic mass is 79.9. The molecular formula is C15H19BrClNO. The molecule has 2 rings (SSSR count). The molecule has 4 heteroatoms. The number of benzene rings is 1. The number of hydrogen-bond donors (Lipinski definition) is 0. The maximum absolute atomic E-state index is 12.3. The number of likely N-dealkylation sites (N-methyl/N-ethyl adjacent to an activating group) is 1. The lowest BCUT2D eigenvalue weighted by atomic mass is 9.94. The van der Waals surface area contributed by atoms with E-state index in [4.69, 9.17) is 11.6 Å². The molecule has 0 aromatic heterocycles. The molecular weight excluding hydrogens is 326 g/mol. The molecule has 2 unspecified atom stereocenters. The third-order valence-corrected chi connectivity index (χ3v) is 5.13. The molecule has 19 heavy (non-hydrogen) atoms. The molecule has 1 aliphatic rings. The van der Waals surface area contributed by atoms with Crippen molar-refractivity contribution >= 4 is 33.4 Å². The minimum Gasteiger partial charge on any atom is -0.341 e. The zero-order valence-corrected chi connectivity index (χ0v) is 13.5.